The molecule has 0 saturated carbocycles. The molecule has 0 bridgehead atoms. The first-order valence-electron chi connectivity index (χ1n) is 11.5. The summed E-state index contributed by atoms with van der Waals surface area (Å²) in [5, 5.41) is 24.0. The normalized spacial score (nSPS) is 11.3. The van der Waals surface area contributed by atoms with Crippen LogP contribution in [0.15, 0.2) is 102 Å². The zero-order valence-electron chi connectivity index (χ0n) is 20.3. The van der Waals surface area contributed by atoms with Gasteiger partial charge in [0.25, 0.3) is 5.91 Å². The number of hydrogen-bond donors (Lipinski definition) is 4. The van der Waals surface area contributed by atoms with Crippen LogP contribution in [0.5, 0.6) is 11.5 Å². The van der Waals surface area contributed by atoms with Crippen LogP contribution in [-0.4, -0.2) is 35.1 Å². The van der Waals surface area contributed by atoms with Crippen molar-refractivity contribution in [2.45, 2.75) is 10.1 Å². The number of ether oxygens (including phenoxy) is 1. The van der Waals surface area contributed by atoms with Crippen molar-refractivity contribution in [2.24, 2.45) is 0 Å². The van der Waals surface area contributed by atoms with Crippen molar-refractivity contribution in [3.05, 3.63) is 114 Å². The molecule has 38 heavy (non-hydrogen) atoms. The third-order valence-corrected chi connectivity index (χ3v) is 6.76. The predicted octanol–water partition coefficient (Wildman–Crippen LogP) is 5.82. The van der Waals surface area contributed by atoms with Crippen molar-refractivity contribution in [3.8, 4) is 11.5 Å². The van der Waals surface area contributed by atoms with E-state index in [1.165, 1.54) is 37.1 Å². The smallest absolute Gasteiger partial charge is 0.339 e. The van der Waals surface area contributed by atoms with Crippen LogP contribution in [0.2, 0.25) is 0 Å². The van der Waals surface area contributed by atoms with Crippen LogP contribution in [0.25, 0.3) is 0 Å². The van der Waals surface area contributed by atoms with Gasteiger partial charge in [-0.1, -0.05) is 42.5 Å². The van der Waals surface area contributed by atoms with Gasteiger partial charge < -0.3 is 25.6 Å². The number of methoxy groups -OCH3 is 1. The molecule has 0 aliphatic carbocycles. The van der Waals surface area contributed by atoms with Crippen molar-refractivity contribution in [2.75, 3.05) is 17.7 Å². The monoisotopic (exact) mass is 528 g/mol. The highest BCUT2D eigenvalue weighted by molar-refractivity contribution is 8.00. The third kappa shape index (κ3) is 6.51. The molecule has 4 aromatic carbocycles. The second-order valence-electron chi connectivity index (χ2n) is 8.15. The molecule has 0 fully saturated rings. The maximum absolute atomic E-state index is 13.4. The molecule has 8 nitrogen and oxygen atoms in total. The number of amides is 2. The summed E-state index contributed by atoms with van der Waals surface area (Å²) in [6, 6.07) is 26.9. The first-order valence-corrected chi connectivity index (χ1v) is 12.4. The van der Waals surface area contributed by atoms with Gasteiger partial charge >= 0.3 is 5.97 Å². The predicted molar refractivity (Wildman–Crippen MR) is 146 cm³/mol. The van der Waals surface area contributed by atoms with Gasteiger partial charge in [-0.05, 0) is 60.2 Å². The largest absolute Gasteiger partial charge is 0.507 e. The number of phenols is 1. The van der Waals surface area contributed by atoms with Crippen LogP contribution in [0.3, 0.4) is 0 Å². The summed E-state index contributed by atoms with van der Waals surface area (Å²) in [7, 11) is 1.53. The van der Waals surface area contributed by atoms with Crippen LogP contribution < -0.4 is 15.4 Å². The number of thioether (sulfide) groups is 1. The standard InChI is InChI=1S/C29H24N2O6S/c1-37-22-11-5-9-19(15-22)27(33)30-20-10-6-12-23(16-20)38-26(18-7-3-2-4-8-18)28(34)31-21-13-14-25(32)24(17-21)29(35)36/h2-17,26,32H,1H3,(H,30,33)(H,31,34)(H,35,36). The SMILES string of the molecule is COc1cccc(C(=O)Nc2cccc(SC(C(=O)Nc3ccc(O)c(C(=O)O)c3)c3ccccc3)c2)c1. The molecule has 0 heterocycles. The number of aromatic carboxylic acids is 1. The highest BCUT2D eigenvalue weighted by Gasteiger charge is 2.23. The molecule has 4 rings (SSSR count). The second-order valence-corrected chi connectivity index (χ2v) is 9.33. The van der Waals surface area contributed by atoms with Crippen LogP contribution >= 0.6 is 11.8 Å². The first kappa shape index (κ1) is 26.3. The van der Waals surface area contributed by atoms with E-state index in [-0.39, 0.29) is 23.1 Å². The number of carboxylic acid groups (broad SMARTS) is 1. The average Bonchev–Trinajstić information content (AvgIpc) is 2.93. The molecular formula is C29H24N2O6S. The number of carboxylic acids is 1. The lowest BCUT2D eigenvalue weighted by Gasteiger charge is -2.18. The first-order chi connectivity index (χ1) is 18.3. The lowest BCUT2D eigenvalue weighted by Crippen LogP contribution is -2.19. The number of hydrogen-bond acceptors (Lipinski definition) is 6. The van der Waals surface area contributed by atoms with Crippen molar-refractivity contribution >= 4 is 40.9 Å². The minimum Gasteiger partial charge on any atom is -0.507 e. The number of rotatable bonds is 9. The number of carbonyl (C=O) groups is 3. The Kier molecular flexibility index (Phi) is 8.30. The lowest BCUT2D eigenvalue weighted by molar-refractivity contribution is -0.115. The van der Waals surface area contributed by atoms with Crippen LogP contribution in [-0.2, 0) is 4.79 Å². The molecule has 1 atom stereocenters. The minimum absolute atomic E-state index is 0.242. The topological polar surface area (TPSA) is 125 Å². The van der Waals surface area contributed by atoms with E-state index in [0.29, 0.717) is 17.0 Å². The lowest BCUT2D eigenvalue weighted by atomic mass is 10.1. The Hall–Kier alpha value is -4.76. The minimum atomic E-state index is -1.31. The Bertz CT molecular complexity index is 1480. The van der Waals surface area contributed by atoms with Gasteiger partial charge in [-0.15, -0.1) is 11.8 Å². The molecule has 4 N–H and O–H groups in total. The van der Waals surface area contributed by atoms with Gasteiger partial charge in [0.2, 0.25) is 5.91 Å². The molecule has 9 heteroatoms. The Labute approximate surface area is 223 Å². The zero-order valence-corrected chi connectivity index (χ0v) is 21.1. The molecule has 1 unspecified atom stereocenters. The molecule has 0 spiro atoms. The number of benzene rings is 4. The number of nitrogens with one attached hydrogen (secondary N) is 2. The van der Waals surface area contributed by atoms with E-state index in [0.717, 1.165) is 10.5 Å². The Morgan fingerprint density at radius 2 is 1.55 bits per heavy atom. The fraction of sp³-hybridized carbons (Fsp3) is 0.0690. The van der Waals surface area contributed by atoms with E-state index >= 15 is 0 Å². The van der Waals surface area contributed by atoms with E-state index in [1.807, 2.05) is 36.4 Å². The Morgan fingerprint density at radius 3 is 2.29 bits per heavy atom. The molecule has 0 aliphatic heterocycles. The van der Waals surface area contributed by atoms with Gasteiger partial charge in [0, 0.05) is 21.8 Å². The molecule has 0 aromatic heterocycles. The fourth-order valence-electron chi connectivity index (χ4n) is 3.64. The summed E-state index contributed by atoms with van der Waals surface area (Å²) in [5.41, 5.74) is 1.66. The number of carbonyl (C=O) groups excluding carboxylic acids is 2. The summed E-state index contributed by atoms with van der Waals surface area (Å²) >= 11 is 1.28. The van der Waals surface area contributed by atoms with E-state index in [2.05, 4.69) is 10.6 Å². The van der Waals surface area contributed by atoms with Crippen molar-refractivity contribution < 1.29 is 29.3 Å². The van der Waals surface area contributed by atoms with Crippen LogP contribution in [0, 0.1) is 0 Å². The summed E-state index contributed by atoms with van der Waals surface area (Å²) < 4.78 is 5.19. The average molecular weight is 529 g/mol. The highest BCUT2D eigenvalue weighted by atomic mass is 32.2. The highest BCUT2D eigenvalue weighted by Crippen LogP contribution is 2.37. The van der Waals surface area contributed by atoms with Crippen molar-refractivity contribution in [1.82, 2.24) is 0 Å². The second kappa shape index (κ2) is 12.0. The molecule has 4 aromatic rings. The zero-order chi connectivity index (χ0) is 27.1. The van der Waals surface area contributed by atoms with E-state index in [1.54, 1.807) is 42.5 Å². The van der Waals surface area contributed by atoms with Crippen molar-refractivity contribution in [1.29, 1.82) is 0 Å². The summed E-state index contributed by atoms with van der Waals surface area (Å²) in [6.45, 7) is 0. The summed E-state index contributed by atoms with van der Waals surface area (Å²) in [4.78, 5) is 38.2. The molecular weight excluding hydrogens is 504 g/mol. The Morgan fingerprint density at radius 1 is 0.816 bits per heavy atom. The molecule has 192 valence electrons. The van der Waals surface area contributed by atoms with Gasteiger partial charge in [-0.3, -0.25) is 9.59 Å². The third-order valence-electron chi connectivity index (χ3n) is 5.51. The van der Waals surface area contributed by atoms with Crippen LogP contribution in [0.1, 0.15) is 31.5 Å². The van der Waals surface area contributed by atoms with E-state index < -0.39 is 17.0 Å². The maximum atomic E-state index is 13.4. The molecule has 0 radical (unpaired) electrons. The maximum Gasteiger partial charge on any atom is 0.339 e. The summed E-state index contributed by atoms with van der Waals surface area (Å²) in [5.74, 6) is -1.81. The van der Waals surface area contributed by atoms with Gasteiger partial charge in [0.1, 0.15) is 22.3 Å². The van der Waals surface area contributed by atoms with E-state index in [4.69, 9.17) is 4.74 Å². The molecule has 0 saturated heterocycles. The number of aromatic hydroxyl groups is 1. The fourth-order valence-corrected chi connectivity index (χ4v) is 4.73. The van der Waals surface area contributed by atoms with Gasteiger partial charge in [-0.2, -0.15) is 0 Å². The van der Waals surface area contributed by atoms with Gasteiger partial charge in [0.05, 0.1) is 7.11 Å². The van der Waals surface area contributed by atoms with Crippen molar-refractivity contribution in [3.63, 3.8) is 0 Å². The quantitative estimate of drug-likeness (QED) is 0.159. The molecule has 0 aliphatic rings. The molecule has 2 amide bonds. The number of anilines is 2. The van der Waals surface area contributed by atoms with Gasteiger partial charge in [-0.25, -0.2) is 4.79 Å². The Balaban J connectivity index is 1.55. The van der Waals surface area contributed by atoms with Crippen LogP contribution in [0.4, 0.5) is 11.4 Å². The van der Waals surface area contributed by atoms with E-state index in [9.17, 15) is 24.6 Å². The van der Waals surface area contributed by atoms with Gasteiger partial charge in [0.15, 0.2) is 0 Å². The summed E-state index contributed by atoms with van der Waals surface area (Å²) in [6.07, 6.45) is 0.